The van der Waals surface area contributed by atoms with Gasteiger partial charge in [0.15, 0.2) is 17.4 Å². The molecule has 0 bridgehead atoms. The predicted molar refractivity (Wildman–Crippen MR) is 286 cm³/mol. The molecule has 2 saturated carbocycles. The van der Waals surface area contributed by atoms with E-state index in [0.717, 1.165) is 108 Å². The normalized spacial score (nSPS) is 19.6. The summed E-state index contributed by atoms with van der Waals surface area (Å²) >= 11 is 6.56. The van der Waals surface area contributed by atoms with Gasteiger partial charge in [-0.1, -0.05) is 37.3 Å². The maximum Gasteiger partial charge on any atom is 0.573 e. The van der Waals surface area contributed by atoms with Crippen molar-refractivity contribution in [2.45, 2.75) is 120 Å². The molecule has 4 aromatic rings. The van der Waals surface area contributed by atoms with Gasteiger partial charge in [-0.25, -0.2) is 9.97 Å². The van der Waals surface area contributed by atoms with Crippen molar-refractivity contribution in [2.24, 2.45) is 0 Å². The van der Waals surface area contributed by atoms with Crippen LogP contribution in [-0.2, 0) is 9.59 Å². The van der Waals surface area contributed by atoms with Crippen molar-refractivity contribution in [1.29, 1.82) is 0 Å². The molecule has 4 amide bonds. The van der Waals surface area contributed by atoms with Gasteiger partial charge in [-0.3, -0.25) is 19.2 Å². The van der Waals surface area contributed by atoms with E-state index in [0.29, 0.717) is 65.7 Å². The molecular formula is C53H68ClF3N14O5. The third-order valence-corrected chi connectivity index (χ3v) is 15.8. The average molecular weight is 1070 g/mol. The Kier molecular flexibility index (Phi) is 17.0. The average Bonchev–Trinajstić information content (AvgIpc) is 4.13. The molecule has 2 aliphatic carbocycles. The summed E-state index contributed by atoms with van der Waals surface area (Å²) in [6.07, 6.45) is 11.2. The summed E-state index contributed by atoms with van der Waals surface area (Å²) in [5.41, 5.74) is 2.44. The molecule has 408 valence electrons. The second-order valence-electron chi connectivity index (χ2n) is 20.8. The van der Waals surface area contributed by atoms with Crippen LogP contribution in [0.25, 0.3) is 0 Å². The van der Waals surface area contributed by atoms with Crippen LogP contribution in [0, 0.1) is 0 Å². The van der Waals surface area contributed by atoms with Crippen LogP contribution >= 0.6 is 11.6 Å². The number of benzene rings is 2. The lowest BCUT2D eigenvalue weighted by atomic mass is 10.0. The number of anilines is 8. The molecule has 4 aliphatic heterocycles. The number of alkyl halides is 3. The van der Waals surface area contributed by atoms with Gasteiger partial charge in [0, 0.05) is 75.3 Å². The van der Waals surface area contributed by atoms with E-state index in [1.807, 2.05) is 7.05 Å². The van der Waals surface area contributed by atoms with Crippen molar-refractivity contribution < 1.29 is 37.1 Å². The highest BCUT2D eigenvalue weighted by Gasteiger charge is 2.36. The number of carbonyl (C=O) groups is 4. The first kappa shape index (κ1) is 54.3. The van der Waals surface area contributed by atoms with Gasteiger partial charge in [-0.2, -0.15) is 9.97 Å². The molecule has 19 nitrogen and oxygen atoms in total. The number of nitrogens with one attached hydrogen (secondary N) is 4. The topological polar surface area (TPSA) is 197 Å². The summed E-state index contributed by atoms with van der Waals surface area (Å²) in [6.45, 7) is 4.78. The Bertz CT molecular complexity index is 2750. The number of ether oxygens (including phenoxy) is 1. The molecule has 10 rings (SSSR count). The number of hydrogen-bond donors (Lipinski definition) is 4. The highest BCUT2D eigenvalue weighted by molar-refractivity contribution is 6.33. The zero-order valence-corrected chi connectivity index (χ0v) is 44.4. The fraction of sp³-hybridized carbons (Fsp3) is 0.547. The molecule has 2 aromatic carbocycles. The molecule has 0 radical (unpaired) electrons. The van der Waals surface area contributed by atoms with Crippen molar-refractivity contribution in [3.63, 3.8) is 0 Å². The van der Waals surface area contributed by atoms with Gasteiger partial charge in [0.25, 0.3) is 11.8 Å². The summed E-state index contributed by atoms with van der Waals surface area (Å²) in [6, 6.07) is 9.84. The third-order valence-electron chi connectivity index (χ3n) is 15.5. The summed E-state index contributed by atoms with van der Waals surface area (Å²) in [7, 11) is 7.55. The fourth-order valence-corrected chi connectivity index (χ4v) is 11.2. The summed E-state index contributed by atoms with van der Waals surface area (Å²) in [4.78, 5) is 81.0. The Labute approximate surface area is 446 Å². The molecular weight excluding hydrogens is 1010 g/mol. The lowest BCUT2D eigenvalue weighted by molar-refractivity contribution is -0.274. The molecule has 2 aromatic heterocycles. The van der Waals surface area contributed by atoms with Gasteiger partial charge < -0.3 is 55.4 Å². The number of rotatable bonds is 11. The van der Waals surface area contributed by atoms with Crippen LogP contribution in [0.5, 0.6) is 5.75 Å². The zero-order chi connectivity index (χ0) is 53.7. The van der Waals surface area contributed by atoms with Gasteiger partial charge in [0.2, 0.25) is 23.7 Å². The van der Waals surface area contributed by atoms with E-state index in [2.05, 4.69) is 67.6 Å². The molecule has 0 unspecified atom stereocenters. The zero-order valence-electron chi connectivity index (χ0n) is 43.6. The van der Waals surface area contributed by atoms with Crippen molar-refractivity contribution in [2.75, 3.05) is 97.7 Å². The smallest absolute Gasteiger partial charge is 0.404 e. The Hall–Kier alpha value is -6.52. The molecule has 23 heteroatoms. The van der Waals surface area contributed by atoms with Gasteiger partial charge in [-0.05, 0) is 128 Å². The minimum absolute atomic E-state index is 0.0430. The van der Waals surface area contributed by atoms with E-state index in [1.54, 1.807) is 43.4 Å². The first-order chi connectivity index (χ1) is 36.5. The number of piperidine rings is 2. The summed E-state index contributed by atoms with van der Waals surface area (Å²) in [5, 5.41) is 12.5. The number of amides is 4. The summed E-state index contributed by atoms with van der Waals surface area (Å²) in [5.74, 6) is 0.669. The molecule has 2 saturated heterocycles. The predicted octanol–water partition coefficient (Wildman–Crippen LogP) is 7.87. The summed E-state index contributed by atoms with van der Waals surface area (Å²) < 4.78 is 44.3. The van der Waals surface area contributed by atoms with Crippen LogP contribution in [0.2, 0.25) is 5.02 Å². The van der Waals surface area contributed by atoms with Gasteiger partial charge in [0.1, 0.15) is 11.4 Å². The van der Waals surface area contributed by atoms with Crippen LogP contribution in [0.15, 0.2) is 48.8 Å². The molecule has 6 aliphatic rings. The number of nitrogens with zero attached hydrogens (tertiary/aromatic N) is 10. The van der Waals surface area contributed by atoms with Gasteiger partial charge in [0.05, 0.1) is 28.8 Å². The largest absolute Gasteiger partial charge is 0.573 e. The van der Waals surface area contributed by atoms with Crippen LogP contribution in [0.1, 0.15) is 111 Å². The van der Waals surface area contributed by atoms with Crippen molar-refractivity contribution in [3.8, 4) is 5.75 Å². The number of fused-ring (bicyclic) bond motifs is 2. The highest BCUT2D eigenvalue weighted by Crippen LogP contribution is 2.40. The Morgan fingerprint density at radius 3 is 1.46 bits per heavy atom. The van der Waals surface area contributed by atoms with Crippen LogP contribution in [0.3, 0.4) is 0 Å². The quantitative estimate of drug-likeness (QED) is 0.113. The number of carbonyl (C=O) groups excluding carboxylic acids is 4. The van der Waals surface area contributed by atoms with E-state index >= 15 is 0 Å². The maximum atomic E-state index is 13.3. The molecule has 0 spiro atoms. The van der Waals surface area contributed by atoms with E-state index < -0.39 is 18.0 Å². The van der Waals surface area contributed by atoms with Crippen molar-refractivity contribution in [1.82, 2.24) is 40.4 Å². The van der Waals surface area contributed by atoms with Crippen LogP contribution in [-0.4, -0.2) is 151 Å². The molecule has 6 heterocycles. The third kappa shape index (κ3) is 13.2. The van der Waals surface area contributed by atoms with Crippen LogP contribution < -0.4 is 45.6 Å². The second kappa shape index (κ2) is 23.8. The van der Waals surface area contributed by atoms with E-state index in [9.17, 15) is 32.3 Å². The molecule has 0 atom stereocenters. The lowest BCUT2D eigenvalue weighted by Crippen LogP contribution is -2.43. The number of halogens is 4. The number of likely N-dealkylation sites (tertiary alicyclic amines) is 2. The molecule has 4 N–H and O–H groups in total. The Morgan fingerprint density at radius 2 is 1.03 bits per heavy atom. The first-order valence-electron chi connectivity index (χ1n) is 26.5. The lowest BCUT2D eigenvalue weighted by Gasteiger charge is -2.30. The fourth-order valence-electron chi connectivity index (χ4n) is 11.0. The van der Waals surface area contributed by atoms with E-state index in [1.165, 1.54) is 36.1 Å². The van der Waals surface area contributed by atoms with E-state index in [-0.39, 0.29) is 53.0 Å². The number of hydrogen-bond acceptors (Lipinski definition) is 15. The molecule has 4 fully saturated rings. The number of aromatic nitrogens is 4. The van der Waals surface area contributed by atoms with E-state index in [4.69, 9.17) is 16.6 Å². The molecule has 76 heavy (non-hydrogen) atoms. The van der Waals surface area contributed by atoms with Crippen molar-refractivity contribution >= 4 is 81.5 Å². The van der Waals surface area contributed by atoms with Crippen LogP contribution in [0.4, 0.5) is 59.5 Å². The SMILES string of the molecule is CN1CCC(NC(=O)c2ccc(Nc3ncc4c(n3)N(C3CCCC3)CCC(=O)N4C)c(Cl)c2)CC1.CN1CCC(NC(=O)c2ccc(Nc3ncc4c(n3)N(C3CCCC3)CCC(=O)N4C)c(OC(F)(F)F)c2)CC1. The Morgan fingerprint density at radius 1 is 0.605 bits per heavy atom. The van der Waals surface area contributed by atoms with Gasteiger partial charge >= 0.3 is 6.36 Å². The first-order valence-corrected chi connectivity index (χ1v) is 26.9. The minimum atomic E-state index is -4.98. The Balaban J connectivity index is 0.000000187. The van der Waals surface area contributed by atoms with Gasteiger partial charge in [-0.15, -0.1) is 13.2 Å². The highest BCUT2D eigenvalue weighted by atomic mass is 35.5. The van der Waals surface area contributed by atoms with Crippen molar-refractivity contribution in [3.05, 3.63) is 64.9 Å². The maximum absolute atomic E-state index is 13.3. The standard InChI is InChI=1S/C27H34F3N7O3.C26H34ClN7O2/c1-35-12-9-18(10-13-35)32-25(39)17-7-8-20(22(15-17)40-27(28,29)30)33-26-31-16-21-24(34-26)37(19-5-3-4-6-19)14-11-23(38)36(21)2;1-32-12-9-18(10-13-32)29-25(36)17-7-8-21(20(27)15-17)30-26-28-16-22-24(31-26)34(19-5-3-4-6-19)14-11-23(35)33(22)2/h7-8,15-16,18-19H,3-6,9-14H2,1-2H3,(H,32,39)(H,31,33,34);7-8,15-16,18-19H,3-6,9-14H2,1-2H3,(H,29,36)(H,28,30,31). The minimum Gasteiger partial charge on any atom is -0.404 e. The second-order valence-corrected chi connectivity index (χ2v) is 21.2. The monoisotopic (exact) mass is 1070 g/mol.